The van der Waals surface area contributed by atoms with E-state index in [4.69, 9.17) is 17.3 Å². The first kappa shape index (κ1) is 15.5. The molecule has 3 aromatic heterocycles. The molecule has 25 heavy (non-hydrogen) atoms. The van der Waals surface area contributed by atoms with Crippen LogP contribution in [0.4, 0.5) is 10.2 Å². The van der Waals surface area contributed by atoms with E-state index >= 15 is 0 Å². The molecule has 4 aromatic rings. The number of benzene rings is 1. The third kappa shape index (κ3) is 2.70. The van der Waals surface area contributed by atoms with Crippen molar-refractivity contribution in [2.75, 3.05) is 5.73 Å². The van der Waals surface area contributed by atoms with Crippen LogP contribution in [0.1, 0.15) is 0 Å². The van der Waals surface area contributed by atoms with Gasteiger partial charge in [0, 0.05) is 58.1 Å². The van der Waals surface area contributed by atoms with E-state index in [9.17, 15) is 4.39 Å². The highest BCUT2D eigenvalue weighted by molar-refractivity contribution is 6.35. The molecule has 3 heterocycles. The Bertz CT molecular complexity index is 1110. The van der Waals surface area contributed by atoms with Gasteiger partial charge in [-0.15, -0.1) is 0 Å². The molecule has 0 unspecified atom stereocenters. The summed E-state index contributed by atoms with van der Waals surface area (Å²) in [7, 11) is 1.84. The van der Waals surface area contributed by atoms with Crippen molar-refractivity contribution in [1.29, 1.82) is 0 Å². The highest BCUT2D eigenvalue weighted by Crippen LogP contribution is 2.32. The van der Waals surface area contributed by atoms with E-state index in [1.54, 1.807) is 23.1 Å². The van der Waals surface area contributed by atoms with Gasteiger partial charge in [0.15, 0.2) is 0 Å². The summed E-state index contributed by atoms with van der Waals surface area (Å²) < 4.78 is 15.6. The Hall–Kier alpha value is -2.99. The minimum atomic E-state index is -0.367. The van der Waals surface area contributed by atoms with Gasteiger partial charge in [-0.05, 0) is 24.3 Å². The zero-order chi connectivity index (χ0) is 17.6. The van der Waals surface area contributed by atoms with Crippen molar-refractivity contribution in [3.8, 4) is 22.4 Å². The third-order valence-corrected chi connectivity index (χ3v) is 4.36. The number of hydrogen-bond acceptors (Lipinski definition) is 4. The fraction of sp³-hybridized carbons (Fsp3) is 0.0556. The van der Waals surface area contributed by atoms with E-state index in [1.165, 1.54) is 18.3 Å². The molecular formula is C18H13ClFN5. The summed E-state index contributed by atoms with van der Waals surface area (Å²) in [6.07, 6.45) is 6.78. The molecule has 7 heteroatoms. The maximum absolute atomic E-state index is 13.9. The average Bonchev–Trinajstić information content (AvgIpc) is 3.05. The number of nitrogens with two attached hydrogens (primary N) is 1. The van der Waals surface area contributed by atoms with Crippen molar-refractivity contribution >= 4 is 28.2 Å². The molecule has 0 radical (unpaired) electrons. The molecule has 1 aromatic carbocycles. The van der Waals surface area contributed by atoms with Crippen LogP contribution in [0, 0.1) is 5.82 Å². The molecule has 5 nitrogen and oxygen atoms in total. The maximum atomic E-state index is 13.9. The number of pyridine rings is 2. The van der Waals surface area contributed by atoms with Crippen molar-refractivity contribution in [2.45, 2.75) is 0 Å². The van der Waals surface area contributed by atoms with Crippen molar-refractivity contribution < 1.29 is 4.39 Å². The van der Waals surface area contributed by atoms with Gasteiger partial charge in [-0.2, -0.15) is 5.10 Å². The lowest BCUT2D eigenvalue weighted by Crippen LogP contribution is -1.97. The molecular weight excluding hydrogens is 341 g/mol. The van der Waals surface area contributed by atoms with Crippen LogP contribution >= 0.6 is 11.6 Å². The van der Waals surface area contributed by atoms with Gasteiger partial charge in [-0.25, -0.2) is 9.37 Å². The van der Waals surface area contributed by atoms with Gasteiger partial charge in [0.2, 0.25) is 0 Å². The van der Waals surface area contributed by atoms with E-state index in [2.05, 4.69) is 15.1 Å². The van der Waals surface area contributed by atoms with Gasteiger partial charge < -0.3 is 5.73 Å². The molecule has 0 bridgehead atoms. The molecule has 0 aliphatic rings. The van der Waals surface area contributed by atoms with Crippen LogP contribution in [0.15, 0.2) is 49.1 Å². The fourth-order valence-corrected chi connectivity index (χ4v) is 2.94. The number of halogens is 2. The maximum Gasteiger partial charge on any atom is 0.132 e. The molecule has 2 N–H and O–H groups in total. The lowest BCUT2D eigenvalue weighted by atomic mass is 10.0. The van der Waals surface area contributed by atoms with Gasteiger partial charge in [0.25, 0.3) is 0 Å². The smallest absolute Gasteiger partial charge is 0.132 e. The SMILES string of the molecule is Cn1cc(-c2cnc(N)c(-c3cc4c(Cl)ccc(F)c4cn3)c2)cn1. The van der Waals surface area contributed by atoms with Crippen molar-refractivity contribution in [3.63, 3.8) is 0 Å². The molecule has 0 aliphatic carbocycles. The normalized spacial score (nSPS) is 11.2. The Morgan fingerprint density at radius 3 is 2.64 bits per heavy atom. The molecule has 124 valence electrons. The Morgan fingerprint density at radius 2 is 1.88 bits per heavy atom. The predicted octanol–water partition coefficient (Wildman–Crippen LogP) is 4.07. The van der Waals surface area contributed by atoms with Crippen LogP contribution in [-0.2, 0) is 7.05 Å². The fourth-order valence-electron chi connectivity index (χ4n) is 2.73. The minimum absolute atomic E-state index is 0.340. The molecule has 4 rings (SSSR count). The largest absolute Gasteiger partial charge is 0.383 e. The molecule has 0 saturated carbocycles. The van der Waals surface area contributed by atoms with E-state index in [0.29, 0.717) is 32.9 Å². The number of anilines is 1. The summed E-state index contributed by atoms with van der Waals surface area (Å²) in [5, 5.41) is 5.56. The van der Waals surface area contributed by atoms with Crippen molar-refractivity contribution in [3.05, 3.63) is 59.9 Å². The first-order valence-corrected chi connectivity index (χ1v) is 7.89. The molecule has 0 spiro atoms. The molecule has 0 atom stereocenters. The van der Waals surface area contributed by atoms with E-state index in [-0.39, 0.29) is 5.82 Å². The molecule has 0 aliphatic heterocycles. The average molecular weight is 354 g/mol. The lowest BCUT2D eigenvalue weighted by Gasteiger charge is -2.09. The summed E-state index contributed by atoms with van der Waals surface area (Å²) in [5.74, 6) is -0.0272. The van der Waals surface area contributed by atoms with Gasteiger partial charge in [0.1, 0.15) is 11.6 Å². The predicted molar refractivity (Wildman–Crippen MR) is 96.6 cm³/mol. The lowest BCUT2D eigenvalue weighted by molar-refractivity contribution is 0.639. The van der Waals surface area contributed by atoms with Crippen LogP contribution in [0.5, 0.6) is 0 Å². The topological polar surface area (TPSA) is 69.6 Å². The highest BCUT2D eigenvalue weighted by atomic mass is 35.5. The van der Waals surface area contributed by atoms with Crippen molar-refractivity contribution in [1.82, 2.24) is 19.7 Å². The summed E-state index contributed by atoms with van der Waals surface area (Å²) >= 11 is 6.21. The van der Waals surface area contributed by atoms with Crippen LogP contribution in [0.25, 0.3) is 33.2 Å². The van der Waals surface area contributed by atoms with E-state index in [0.717, 1.165) is 11.1 Å². The van der Waals surface area contributed by atoms with Gasteiger partial charge in [-0.1, -0.05) is 11.6 Å². The Balaban J connectivity index is 1.89. The summed E-state index contributed by atoms with van der Waals surface area (Å²) in [4.78, 5) is 8.60. The monoisotopic (exact) mass is 353 g/mol. The molecule has 0 amide bonds. The number of fused-ring (bicyclic) bond motifs is 1. The zero-order valence-corrected chi connectivity index (χ0v) is 14.0. The van der Waals surface area contributed by atoms with E-state index in [1.807, 2.05) is 19.3 Å². The Labute approximate surface area is 147 Å². The molecule has 0 fully saturated rings. The number of nitrogen functional groups attached to an aromatic ring is 1. The zero-order valence-electron chi connectivity index (χ0n) is 13.2. The number of aromatic nitrogens is 4. The Morgan fingerprint density at radius 1 is 1.04 bits per heavy atom. The summed E-state index contributed by atoms with van der Waals surface area (Å²) in [5.41, 5.74) is 9.06. The second-order valence-electron chi connectivity index (χ2n) is 5.70. The number of hydrogen-bond donors (Lipinski definition) is 1. The third-order valence-electron chi connectivity index (χ3n) is 4.03. The number of aryl methyl sites for hydroxylation is 1. The number of rotatable bonds is 2. The first-order valence-electron chi connectivity index (χ1n) is 7.51. The first-order chi connectivity index (χ1) is 12.0. The van der Waals surface area contributed by atoms with Gasteiger partial charge in [0.05, 0.1) is 11.9 Å². The second-order valence-corrected chi connectivity index (χ2v) is 6.11. The van der Waals surface area contributed by atoms with Crippen LogP contribution < -0.4 is 5.73 Å². The van der Waals surface area contributed by atoms with Gasteiger partial charge in [-0.3, -0.25) is 9.67 Å². The quantitative estimate of drug-likeness (QED) is 0.589. The van der Waals surface area contributed by atoms with Crippen LogP contribution in [0.2, 0.25) is 5.02 Å². The summed E-state index contributed by atoms with van der Waals surface area (Å²) in [6.45, 7) is 0. The highest BCUT2D eigenvalue weighted by Gasteiger charge is 2.12. The second kappa shape index (κ2) is 5.82. The van der Waals surface area contributed by atoms with Crippen molar-refractivity contribution in [2.24, 2.45) is 7.05 Å². The summed E-state index contributed by atoms with van der Waals surface area (Å²) in [6, 6.07) is 6.46. The Kier molecular flexibility index (Phi) is 3.62. The van der Waals surface area contributed by atoms with E-state index < -0.39 is 0 Å². The van der Waals surface area contributed by atoms with Crippen LogP contribution in [0.3, 0.4) is 0 Å². The number of nitrogens with zero attached hydrogens (tertiary/aromatic N) is 4. The van der Waals surface area contributed by atoms with Gasteiger partial charge >= 0.3 is 0 Å². The van der Waals surface area contributed by atoms with Crippen LogP contribution in [-0.4, -0.2) is 19.7 Å². The molecule has 0 saturated heterocycles. The minimum Gasteiger partial charge on any atom is -0.383 e. The standard InChI is InChI=1S/C18H13ClFN5/c1-25-9-11(7-24-25)10-4-13(18(21)23-6-10)17-5-12-14(8-22-17)16(20)3-2-15(12)19/h2-9H,1H3,(H2,21,23).